The molecule has 1 N–H and O–H groups in total. The summed E-state index contributed by atoms with van der Waals surface area (Å²) in [6.07, 6.45) is 4.90. The van der Waals surface area contributed by atoms with Crippen LogP contribution in [0.25, 0.3) is 5.69 Å². The van der Waals surface area contributed by atoms with Crippen LogP contribution in [0.2, 0.25) is 0 Å². The molecule has 2 atom stereocenters. The number of nitrogens with one attached hydrogen (secondary N) is 1. The Labute approximate surface area is 187 Å². The minimum atomic E-state index is -0.209. The molecule has 0 aliphatic carbocycles. The first-order valence-corrected chi connectivity index (χ1v) is 10.8. The van der Waals surface area contributed by atoms with Crippen LogP contribution >= 0.6 is 12.2 Å². The van der Waals surface area contributed by atoms with Gasteiger partial charge in [0.1, 0.15) is 0 Å². The molecule has 0 bridgehead atoms. The Morgan fingerprint density at radius 1 is 1.16 bits per heavy atom. The molecule has 0 spiro atoms. The highest BCUT2D eigenvalue weighted by Crippen LogP contribution is 2.39. The molecule has 3 aromatic rings. The number of aryl methyl sites for hydroxylation is 1. The second-order valence-corrected chi connectivity index (χ2v) is 7.98. The van der Waals surface area contributed by atoms with Crippen LogP contribution in [0, 0.1) is 6.92 Å². The van der Waals surface area contributed by atoms with Crippen molar-refractivity contribution in [1.82, 2.24) is 19.8 Å². The highest BCUT2D eigenvalue weighted by molar-refractivity contribution is 7.80. The van der Waals surface area contributed by atoms with Crippen LogP contribution in [0.4, 0.5) is 0 Å². The zero-order valence-corrected chi connectivity index (χ0v) is 18.5. The standard InChI is InChI=1S/C24H26N4O2S/c1-17-9-3-4-11-19(17)27-15-7-12-20(27)23-22(18-10-5-6-14-25-18)26-24(31)28(23)16-8-13-21(29)30-2/h3-7,9-12,14-15,22-23H,8,13,16H2,1-2H3,(H,26,31)/t22-,23-/m0/s1. The number of nitrogens with zero attached hydrogens (tertiary/aromatic N) is 3. The van der Waals surface area contributed by atoms with E-state index in [0.717, 1.165) is 17.1 Å². The number of carbonyl (C=O) groups is 1. The lowest BCUT2D eigenvalue weighted by Crippen LogP contribution is -2.31. The van der Waals surface area contributed by atoms with Crippen molar-refractivity contribution in [3.63, 3.8) is 0 Å². The van der Waals surface area contributed by atoms with Crippen LogP contribution < -0.4 is 5.32 Å². The maximum Gasteiger partial charge on any atom is 0.305 e. The lowest BCUT2D eigenvalue weighted by molar-refractivity contribution is -0.140. The van der Waals surface area contributed by atoms with Crippen molar-refractivity contribution < 1.29 is 9.53 Å². The van der Waals surface area contributed by atoms with Crippen LogP contribution in [-0.2, 0) is 9.53 Å². The number of carbonyl (C=O) groups excluding carboxylic acids is 1. The summed E-state index contributed by atoms with van der Waals surface area (Å²) in [5, 5.41) is 4.14. The summed E-state index contributed by atoms with van der Waals surface area (Å²) in [7, 11) is 1.42. The van der Waals surface area contributed by atoms with E-state index in [1.165, 1.54) is 12.7 Å². The molecule has 0 radical (unpaired) electrons. The molecule has 0 saturated carbocycles. The predicted octanol–water partition coefficient (Wildman–Crippen LogP) is 4.11. The third-order valence-corrected chi connectivity index (χ3v) is 6.02. The average molecular weight is 435 g/mol. The smallest absolute Gasteiger partial charge is 0.305 e. The van der Waals surface area contributed by atoms with Gasteiger partial charge in [-0.05, 0) is 61.5 Å². The molecule has 1 aliphatic heterocycles. The number of rotatable bonds is 7. The van der Waals surface area contributed by atoms with Gasteiger partial charge in [0, 0.05) is 36.7 Å². The van der Waals surface area contributed by atoms with Crippen LogP contribution in [0.5, 0.6) is 0 Å². The molecule has 160 valence electrons. The minimum absolute atomic E-state index is 0.0605. The van der Waals surface area contributed by atoms with Gasteiger partial charge in [0.15, 0.2) is 5.11 Å². The highest BCUT2D eigenvalue weighted by atomic mass is 32.1. The van der Waals surface area contributed by atoms with E-state index in [4.69, 9.17) is 17.0 Å². The van der Waals surface area contributed by atoms with Gasteiger partial charge in [0.05, 0.1) is 24.9 Å². The summed E-state index contributed by atoms with van der Waals surface area (Å²) in [6.45, 7) is 2.76. The van der Waals surface area contributed by atoms with Crippen molar-refractivity contribution in [2.45, 2.75) is 31.8 Å². The van der Waals surface area contributed by atoms with Gasteiger partial charge >= 0.3 is 5.97 Å². The molecule has 3 heterocycles. The molecule has 1 saturated heterocycles. The van der Waals surface area contributed by atoms with Crippen molar-refractivity contribution in [3.8, 4) is 5.69 Å². The lowest BCUT2D eigenvalue weighted by atomic mass is 10.0. The van der Waals surface area contributed by atoms with E-state index in [0.29, 0.717) is 24.5 Å². The summed E-state index contributed by atoms with van der Waals surface area (Å²) in [5.41, 5.74) is 4.38. The van der Waals surface area contributed by atoms with Gasteiger partial charge in [-0.2, -0.15) is 0 Å². The average Bonchev–Trinajstić information content (AvgIpc) is 3.39. The molecule has 0 unspecified atom stereocenters. The van der Waals surface area contributed by atoms with Crippen molar-refractivity contribution in [1.29, 1.82) is 0 Å². The largest absolute Gasteiger partial charge is 0.469 e. The quantitative estimate of drug-likeness (QED) is 0.446. The van der Waals surface area contributed by atoms with E-state index in [-0.39, 0.29) is 18.1 Å². The Hall–Kier alpha value is -3.19. The molecule has 4 rings (SSSR count). The molecule has 1 aliphatic rings. The number of pyridine rings is 1. The van der Waals surface area contributed by atoms with Gasteiger partial charge in [-0.15, -0.1) is 0 Å². The first kappa shape index (κ1) is 21.1. The Morgan fingerprint density at radius 2 is 1.97 bits per heavy atom. The number of hydrogen-bond acceptors (Lipinski definition) is 4. The monoisotopic (exact) mass is 434 g/mol. The first-order chi connectivity index (χ1) is 15.1. The number of aromatic nitrogens is 2. The first-order valence-electron chi connectivity index (χ1n) is 10.4. The third-order valence-electron chi connectivity index (χ3n) is 5.66. The van der Waals surface area contributed by atoms with Gasteiger partial charge in [-0.3, -0.25) is 9.78 Å². The fourth-order valence-corrected chi connectivity index (χ4v) is 4.48. The molecule has 31 heavy (non-hydrogen) atoms. The Balaban J connectivity index is 1.73. The molecular formula is C24H26N4O2S. The van der Waals surface area contributed by atoms with E-state index in [1.54, 1.807) is 6.20 Å². The van der Waals surface area contributed by atoms with Gasteiger partial charge in [0.2, 0.25) is 0 Å². The second kappa shape index (κ2) is 9.31. The Bertz CT molecular complexity index is 1070. The summed E-state index contributed by atoms with van der Waals surface area (Å²) in [5.74, 6) is -0.209. The zero-order valence-electron chi connectivity index (χ0n) is 17.7. The number of benzene rings is 1. The van der Waals surface area contributed by atoms with Gasteiger partial charge in [-0.25, -0.2) is 0 Å². The van der Waals surface area contributed by atoms with Crippen molar-refractivity contribution >= 4 is 23.3 Å². The number of esters is 1. The summed E-state index contributed by atoms with van der Waals surface area (Å²) < 4.78 is 7.02. The van der Waals surface area contributed by atoms with E-state index in [9.17, 15) is 4.79 Å². The maximum absolute atomic E-state index is 11.6. The molecule has 6 nitrogen and oxygen atoms in total. The van der Waals surface area contributed by atoms with Crippen LogP contribution in [0.1, 0.15) is 41.9 Å². The van der Waals surface area contributed by atoms with Crippen LogP contribution in [0.15, 0.2) is 67.0 Å². The fourth-order valence-electron chi connectivity index (χ4n) is 4.15. The Morgan fingerprint density at radius 3 is 2.71 bits per heavy atom. The van der Waals surface area contributed by atoms with Gasteiger partial charge < -0.3 is 19.5 Å². The van der Waals surface area contributed by atoms with Crippen molar-refractivity contribution in [2.24, 2.45) is 0 Å². The summed E-state index contributed by atoms with van der Waals surface area (Å²) >= 11 is 5.72. The second-order valence-electron chi connectivity index (χ2n) is 7.59. The summed E-state index contributed by atoms with van der Waals surface area (Å²) in [4.78, 5) is 18.4. The molecule has 7 heteroatoms. The fraction of sp³-hybridized carbons (Fsp3) is 0.292. The number of thiocarbonyl (C=S) groups is 1. The minimum Gasteiger partial charge on any atom is -0.469 e. The molecule has 0 amide bonds. The van der Waals surface area contributed by atoms with Crippen molar-refractivity contribution in [3.05, 3.63) is 83.9 Å². The number of methoxy groups -OCH3 is 1. The predicted molar refractivity (Wildman–Crippen MR) is 124 cm³/mol. The lowest BCUT2D eigenvalue weighted by Gasteiger charge is -2.29. The maximum atomic E-state index is 11.6. The molecule has 2 aromatic heterocycles. The molecular weight excluding hydrogens is 408 g/mol. The number of hydrogen-bond donors (Lipinski definition) is 1. The SMILES string of the molecule is COC(=O)CCCN1C(=S)N[C@@H](c2ccccn2)[C@@H]1c1cccn1-c1ccccc1C. The normalized spacial score (nSPS) is 18.1. The van der Waals surface area contributed by atoms with Crippen molar-refractivity contribution in [2.75, 3.05) is 13.7 Å². The molecule has 1 fully saturated rings. The van der Waals surface area contributed by atoms with Crippen LogP contribution in [0.3, 0.4) is 0 Å². The number of ether oxygens (including phenoxy) is 1. The zero-order chi connectivity index (χ0) is 21.8. The molecule has 1 aromatic carbocycles. The van der Waals surface area contributed by atoms with E-state index in [1.807, 2.05) is 30.3 Å². The van der Waals surface area contributed by atoms with Gasteiger partial charge in [0.25, 0.3) is 0 Å². The van der Waals surface area contributed by atoms with E-state index in [2.05, 4.69) is 57.2 Å². The van der Waals surface area contributed by atoms with E-state index >= 15 is 0 Å². The highest BCUT2D eigenvalue weighted by Gasteiger charge is 2.41. The third kappa shape index (κ3) is 4.32. The number of para-hydroxylation sites is 1. The van der Waals surface area contributed by atoms with E-state index < -0.39 is 0 Å². The van der Waals surface area contributed by atoms with Crippen LogP contribution in [-0.4, -0.2) is 39.2 Å². The Kier molecular flexibility index (Phi) is 6.32. The summed E-state index contributed by atoms with van der Waals surface area (Å²) in [6, 6.07) is 18.3. The topological polar surface area (TPSA) is 59.4 Å². The van der Waals surface area contributed by atoms with Gasteiger partial charge in [-0.1, -0.05) is 24.3 Å².